The molecule has 0 spiro atoms. The standard InChI is InChI=1S/C32H12BF24.C20H14N3O3/c34-25(35,36)13-1-14(26(37,38)39)6-21(5-13)33(22-7-15(27(40,41)42)2-16(8-22)28(43,44)45,23-9-17(29(46,47)48)3-18(10-23)30(49,50)51)24-11-19(31(52,53)54)4-20(12-24)32(55,56)57;21-12-15-6-8-17(9-7-15)26-20(25)18-13-23(11-10-22-18)14-19(24)16-4-2-1-3-5-16/h1-12H;1-11,13H,14H2/q-1;+1. The molecule has 0 bridgehead atoms. The predicted molar refractivity (Wildman–Crippen MR) is 241 cm³/mol. The molecule has 0 saturated heterocycles. The van der Waals surface area contributed by atoms with E-state index in [0.29, 0.717) is 16.9 Å². The second kappa shape index (κ2) is 22.6. The Balaban J connectivity index is 0.000000352. The van der Waals surface area contributed by atoms with E-state index in [4.69, 9.17) is 10.00 Å². The second-order valence-corrected chi connectivity index (χ2v) is 17.7. The Kier molecular flexibility index (Phi) is 17.3. The van der Waals surface area contributed by atoms with Crippen LogP contribution in [-0.2, 0) is 56.0 Å². The first kappa shape index (κ1) is 63.6. The zero-order valence-electron chi connectivity index (χ0n) is 40.3. The highest BCUT2D eigenvalue weighted by Gasteiger charge is 2.47. The van der Waals surface area contributed by atoms with Gasteiger partial charge in [-0.3, -0.25) is 4.79 Å². The minimum atomic E-state index is -6.13. The average molecular weight is 1210 g/mol. The molecule has 83 heavy (non-hydrogen) atoms. The van der Waals surface area contributed by atoms with Gasteiger partial charge in [-0.1, -0.05) is 78.9 Å². The monoisotopic (exact) mass is 1210 g/mol. The molecule has 7 aromatic rings. The van der Waals surface area contributed by atoms with Gasteiger partial charge in [0.25, 0.3) is 0 Å². The summed E-state index contributed by atoms with van der Waals surface area (Å²) in [6.45, 7) is 0.0870. The molecule has 1 aromatic heterocycles. The third-order valence-electron chi connectivity index (χ3n) is 12.0. The molecule has 0 aliphatic rings. The molecule has 0 unspecified atom stereocenters. The highest BCUT2D eigenvalue weighted by atomic mass is 19.4. The smallest absolute Gasteiger partial charge is 0.416 e. The van der Waals surface area contributed by atoms with Crippen molar-refractivity contribution in [3.63, 3.8) is 0 Å². The molecule has 0 atom stereocenters. The van der Waals surface area contributed by atoms with Crippen molar-refractivity contribution in [2.75, 3.05) is 0 Å². The quantitative estimate of drug-likeness (QED) is 0.0359. The first-order valence-corrected chi connectivity index (χ1v) is 22.4. The number of nitrogens with zero attached hydrogens (tertiary/aromatic N) is 3. The van der Waals surface area contributed by atoms with Crippen molar-refractivity contribution in [2.24, 2.45) is 0 Å². The van der Waals surface area contributed by atoms with Gasteiger partial charge in [-0.25, -0.2) is 9.78 Å². The van der Waals surface area contributed by atoms with Crippen LogP contribution < -0.4 is 31.2 Å². The van der Waals surface area contributed by atoms with Crippen LogP contribution in [0.15, 0.2) is 146 Å². The highest BCUT2D eigenvalue weighted by Crippen LogP contribution is 2.41. The first-order chi connectivity index (χ1) is 37.9. The molecule has 438 valence electrons. The molecule has 0 aliphatic carbocycles. The Hall–Kier alpha value is -8.59. The van der Waals surface area contributed by atoms with E-state index in [1.54, 1.807) is 47.2 Å². The number of Topliss-reactive ketones (excluding diaryl/α,β-unsaturated/α-hetero) is 1. The number of rotatable bonds is 9. The van der Waals surface area contributed by atoms with Gasteiger partial charge in [-0.05, 0) is 48.5 Å². The summed E-state index contributed by atoms with van der Waals surface area (Å²) in [6.07, 6.45) is -50.3. The molecule has 1 heterocycles. The molecular formula is C52H26BF24N3O3. The Morgan fingerprint density at radius 3 is 1.02 bits per heavy atom. The molecule has 0 amide bonds. The molecule has 0 aliphatic heterocycles. The van der Waals surface area contributed by atoms with Gasteiger partial charge in [0, 0.05) is 5.56 Å². The SMILES string of the molecule is FC(F)(F)c1cc([B-](c2cc(C(F)(F)F)cc(C(F)(F)F)c2)(c2cc(C(F)(F)F)cc(C(F)(F)F)c2)c2cc(C(F)(F)F)cc(C(F)(F)F)c2)cc(C(F)(F)F)c1.N#Cc1ccc(OC(=O)c2c[n+](CC(=O)c3ccccc3)ccn2)cc1. The Bertz CT molecular complexity index is 3140. The van der Waals surface area contributed by atoms with Crippen LogP contribution in [0.25, 0.3) is 0 Å². The Morgan fingerprint density at radius 1 is 0.446 bits per heavy atom. The lowest BCUT2D eigenvalue weighted by Gasteiger charge is -2.46. The third kappa shape index (κ3) is 15.1. The molecule has 0 saturated carbocycles. The third-order valence-corrected chi connectivity index (χ3v) is 12.0. The van der Waals surface area contributed by atoms with Crippen molar-refractivity contribution in [3.05, 3.63) is 207 Å². The van der Waals surface area contributed by atoms with E-state index in [-0.39, 0.29) is 18.0 Å². The van der Waals surface area contributed by atoms with Crippen molar-refractivity contribution >= 4 is 39.7 Å². The minimum absolute atomic E-state index is 0.0757. The van der Waals surface area contributed by atoms with Crippen LogP contribution >= 0.6 is 0 Å². The summed E-state index contributed by atoms with van der Waals surface area (Å²) in [5.74, 6) is -0.406. The van der Waals surface area contributed by atoms with Gasteiger partial charge >= 0.3 is 55.4 Å². The van der Waals surface area contributed by atoms with Crippen molar-refractivity contribution < 1.29 is 124 Å². The van der Waals surface area contributed by atoms with Gasteiger partial charge in [-0.15, -0.1) is 0 Å². The van der Waals surface area contributed by atoms with E-state index >= 15 is 0 Å². The van der Waals surface area contributed by atoms with E-state index in [2.05, 4.69) is 4.98 Å². The topological polar surface area (TPSA) is 83.9 Å². The van der Waals surface area contributed by atoms with Crippen LogP contribution in [0, 0.1) is 11.3 Å². The van der Waals surface area contributed by atoms with Gasteiger partial charge in [0.2, 0.25) is 24.2 Å². The molecule has 6 aromatic carbocycles. The molecule has 0 radical (unpaired) electrons. The lowest BCUT2D eigenvalue weighted by Crippen LogP contribution is -2.75. The fourth-order valence-electron chi connectivity index (χ4n) is 8.35. The van der Waals surface area contributed by atoms with E-state index in [9.17, 15) is 115 Å². The number of ether oxygens (including phenoxy) is 1. The number of esters is 1. The molecular weight excluding hydrogens is 1180 g/mol. The zero-order chi connectivity index (χ0) is 62.3. The number of ketones is 1. The van der Waals surface area contributed by atoms with Crippen molar-refractivity contribution in [2.45, 2.75) is 56.0 Å². The van der Waals surface area contributed by atoms with Crippen LogP contribution in [0.4, 0.5) is 105 Å². The maximum Gasteiger partial charge on any atom is 0.416 e. The maximum atomic E-state index is 14.2. The molecule has 6 nitrogen and oxygen atoms in total. The van der Waals surface area contributed by atoms with Gasteiger partial charge in [-0.2, -0.15) is 137 Å². The number of benzene rings is 6. The molecule has 31 heteroatoms. The molecule has 0 N–H and O–H groups in total. The number of aromatic nitrogens is 2. The predicted octanol–water partition coefficient (Wildman–Crippen LogP) is 13.6. The first-order valence-electron chi connectivity index (χ1n) is 22.4. The van der Waals surface area contributed by atoms with Gasteiger partial charge in [0.15, 0.2) is 6.20 Å². The number of carbonyl (C=O) groups excluding carboxylic acids is 2. The summed E-state index contributed by atoms with van der Waals surface area (Å²) in [6, 6.07) is 8.27. The van der Waals surface area contributed by atoms with E-state index in [0.717, 1.165) is 0 Å². The van der Waals surface area contributed by atoms with Gasteiger partial charge < -0.3 is 4.74 Å². The van der Waals surface area contributed by atoms with Crippen LogP contribution in [0.1, 0.15) is 70.9 Å². The van der Waals surface area contributed by atoms with Gasteiger partial charge in [0.1, 0.15) is 11.9 Å². The summed E-state index contributed by atoms with van der Waals surface area (Å²) in [5, 5.41) is 8.78. The van der Waals surface area contributed by atoms with E-state index in [1.807, 2.05) is 12.1 Å². The summed E-state index contributed by atoms with van der Waals surface area (Å²) in [4.78, 5) is 28.5. The van der Waals surface area contributed by atoms with Crippen LogP contribution in [0.5, 0.6) is 5.75 Å². The number of carbonyl (C=O) groups is 2. The minimum Gasteiger partial charge on any atom is -0.422 e. The fraction of sp³-hybridized carbons (Fsp3) is 0.173. The van der Waals surface area contributed by atoms with Gasteiger partial charge in [0.05, 0.1) is 62.3 Å². The summed E-state index contributed by atoms with van der Waals surface area (Å²) in [7, 11) is 0. The highest BCUT2D eigenvalue weighted by molar-refractivity contribution is 7.20. The number of hydrogen-bond donors (Lipinski definition) is 0. The van der Waals surface area contributed by atoms with Crippen LogP contribution in [0.3, 0.4) is 0 Å². The number of nitriles is 1. The lowest BCUT2D eigenvalue weighted by molar-refractivity contribution is -0.683. The summed E-state index contributed by atoms with van der Waals surface area (Å²) in [5.41, 5.74) is -29.1. The average Bonchev–Trinajstić information content (AvgIpc) is 1.20. The van der Waals surface area contributed by atoms with E-state index in [1.165, 1.54) is 24.5 Å². The maximum absolute atomic E-state index is 14.2. The van der Waals surface area contributed by atoms with Crippen LogP contribution in [-0.4, -0.2) is 22.9 Å². The molecule has 0 fully saturated rings. The normalized spacial score (nSPS) is 13.0. The molecule has 7 rings (SSSR count). The Morgan fingerprint density at radius 2 is 0.747 bits per heavy atom. The zero-order valence-corrected chi connectivity index (χ0v) is 40.3. The van der Waals surface area contributed by atoms with Crippen molar-refractivity contribution in [1.29, 1.82) is 5.26 Å². The number of hydrogen-bond acceptors (Lipinski definition) is 5. The summed E-state index contributed by atoms with van der Waals surface area (Å²) >= 11 is 0. The largest absolute Gasteiger partial charge is 0.422 e. The number of alkyl halides is 24. The summed E-state index contributed by atoms with van der Waals surface area (Å²) < 4.78 is 348. The number of halogens is 24. The van der Waals surface area contributed by atoms with Crippen LogP contribution in [0.2, 0.25) is 0 Å². The second-order valence-electron chi connectivity index (χ2n) is 17.7. The fourth-order valence-corrected chi connectivity index (χ4v) is 8.35. The van der Waals surface area contributed by atoms with Crippen molar-refractivity contribution in [1.82, 2.24) is 4.98 Å². The lowest BCUT2D eigenvalue weighted by atomic mass is 9.12. The Labute approximate surface area is 448 Å². The van der Waals surface area contributed by atoms with Crippen molar-refractivity contribution in [3.8, 4) is 11.8 Å². The van der Waals surface area contributed by atoms with E-state index < -0.39 is 201 Å².